The molecule has 0 aliphatic carbocycles. The van der Waals surface area contributed by atoms with E-state index < -0.39 is 23.3 Å². The van der Waals surface area contributed by atoms with E-state index in [2.05, 4.69) is 5.32 Å². The van der Waals surface area contributed by atoms with Crippen LogP contribution in [0.15, 0.2) is 18.2 Å². The van der Waals surface area contributed by atoms with Crippen LogP contribution in [-0.2, 0) is 6.18 Å². The highest BCUT2D eigenvalue weighted by molar-refractivity contribution is 5.90. The molecule has 1 unspecified atom stereocenters. The smallest absolute Gasteiger partial charge is 0.417 e. The van der Waals surface area contributed by atoms with E-state index >= 15 is 0 Å². The Morgan fingerprint density at radius 2 is 2.06 bits per heavy atom. The Labute approximate surface area is 103 Å². The molecule has 0 saturated carbocycles. The zero-order valence-corrected chi connectivity index (χ0v) is 10.0. The maximum atomic E-state index is 12.7. The van der Waals surface area contributed by atoms with Gasteiger partial charge in [-0.3, -0.25) is 0 Å². The molecule has 3 nitrogen and oxygen atoms in total. The molecule has 18 heavy (non-hydrogen) atoms. The first-order valence-corrected chi connectivity index (χ1v) is 5.46. The Hall–Kier alpha value is -1.72. The second-order valence-electron chi connectivity index (χ2n) is 4.02. The first-order valence-electron chi connectivity index (χ1n) is 5.46. The summed E-state index contributed by atoms with van der Waals surface area (Å²) in [7, 11) is 0. The van der Waals surface area contributed by atoms with Crippen molar-refractivity contribution in [2.24, 2.45) is 0 Å². The lowest BCUT2D eigenvalue weighted by molar-refractivity contribution is -0.138. The van der Waals surface area contributed by atoms with Gasteiger partial charge in [0.05, 0.1) is 11.1 Å². The summed E-state index contributed by atoms with van der Waals surface area (Å²) in [6.07, 6.45) is -3.93. The fraction of sp³-hybridized carbons (Fsp3) is 0.417. The minimum atomic E-state index is -4.68. The fourth-order valence-electron chi connectivity index (χ4n) is 1.44. The number of alkyl halides is 3. The van der Waals surface area contributed by atoms with Crippen molar-refractivity contribution in [3.8, 4) is 0 Å². The van der Waals surface area contributed by atoms with Gasteiger partial charge in [0.25, 0.3) is 0 Å². The molecule has 0 aliphatic rings. The molecule has 0 spiro atoms. The summed E-state index contributed by atoms with van der Waals surface area (Å²) in [6, 6.07) is 3.15. The lowest BCUT2D eigenvalue weighted by atomic mass is 10.1. The zero-order valence-electron chi connectivity index (χ0n) is 10.0. The van der Waals surface area contributed by atoms with Gasteiger partial charge >= 0.3 is 12.1 Å². The summed E-state index contributed by atoms with van der Waals surface area (Å²) in [5.41, 5.74) is -1.61. The minimum Gasteiger partial charge on any atom is -0.478 e. The Balaban J connectivity index is 3.18. The van der Waals surface area contributed by atoms with Crippen molar-refractivity contribution in [2.75, 3.05) is 5.32 Å². The highest BCUT2D eigenvalue weighted by atomic mass is 19.4. The van der Waals surface area contributed by atoms with E-state index in [1.165, 1.54) is 6.07 Å². The molecule has 0 amide bonds. The highest BCUT2D eigenvalue weighted by Crippen LogP contribution is 2.34. The number of anilines is 1. The van der Waals surface area contributed by atoms with Crippen molar-refractivity contribution in [1.82, 2.24) is 0 Å². The number of benzene rings is 1. The number of carboxylic acid groups (broad SMARTS) is 1. The van der Waals surface area contributed by atoms with Gasteiger partial charge in [0, 0.05) is 11.7 Å². The number of hydrogen-bond acceptors (Lipinski definition) is 2. The number of carboxylic acids is 1. The number of aromatic carboxylic acids is 1. The van der Waals surface area contributed by atoms with Crippen LogP contribution in [0.1, 0.15) is 36.2 Å². The molecule has 0 aromatic heterocycles. The van der Waals surface area contributed by atoms with Crippen LogP contribution in [0.3, 0.4) is 0 Å². The maximum absolute atomic E-state index is 12.7. The van der Waals surface area contributed by atoms with Crippen LogP contribution in [0.25, 0.3) is 0 Å². The minimum absolute atomic E-state index is 0.0155. The van der Waals surface area contributed by atoms with Gasteiger partial charge in [-0.2, -0.15) is 13.2 Å². The van der Waals surface area contributed by atoms with Crippen LogP contribution in [-0.4, -0.2) is 17.1 Å². The van der Waals surface area contributed by atoms with Crippen molar-refractivity contribution < 1.29 is 23.1 Å². The summed E-state index contributed by atoms with van der Waals surface area (Å²) in [6.45, 7) is 3.73. The third-order valence-corrected chi connectivity index (χ3v) is 2.58. The van der Waals surface area contributed by atoms with Gasteiger partial charge in [-0.1, -0.05) is 6.92 Å². The summed E-state index contributed by atoms with van der Waals surface area (Å²) < 4.78 is 38.2. The SMILES string of the molecule is CCC(C)Nc1ccc(C(=O)O)c(C(F)(F)F)c1. The standard InChI is InChI=1S/C12H14F3NO2/c1-3-7(2)16-8-4-5-9(11(17)18)10(6-8)12(13,14)15/h4-7,16H,3H2,1-2H3,(H,17,18). The van der Waals surface area contributed by atoms with Crippen LogP contribution >= 0.6 is 0 Å². The Morgan fingerprint density at radius 3 is 2.50 bits per heavy atom. The molecule has 6 heteroatoms. The van der Waals surface area contributed by atoms with E-state index in [4.69, 9.17) is 5.11 Å². The second-order valence-corrected chi connectivity index (χ2v) is 4.02. The zero-order chi connectivity index (χ0) is 13.9. The van der Waals surface area contributed by atoms with E-state index in [1.807, 2.05) is 13.8 Å². The molecule has 0 saturated heterocycles. The number of hydrogen-bond donors (Lipinski definition) is 2. The van der Waals surface area contributed by atoms with Gasteiger partial charge in [0.2, 0.25) is 0 Å². The molecule has 0 fully saturated rings. The Morgan fingerprint density at radius 1 is 1.44 bits per heavy atom. The molecular weight excluding hydrogens is 247 g/mol. The van der Waals surface area contributed by atoms with Gasteiger partial charge in [0.1, 0.15) is 0 Å². The Bertz CT molecular complexity index is 443. The molecule has 0 radical (unpaired) electrons. The monoisotopic (exact) mass is 261 g/mol. The molecule has 2 N–H and O–H groups in total. The van der Waals surface area contributed by atoms with Crippen LogP contribution < -0.4 is 5.32 Å². The first-order chi connectivity index (χ1) is 8.25. The number of nitrogens with one attached hydrogen (secondary N) is 1. The van der Waals surface area contributed by atoms with Crippen molar-refractivity contribution >= 4 is 11.7 Å². The number of halogens is 3. The molecule has 0 aliphatic heterocycles. The molecule has 0 bridgehead atoms. The van der Waals surface area contributed by atoms with Crippen molar-refractivity contribution in [1.29, 1.82) is 0 Å². The largest absolute Gasteiger partial charge is 0.478 e. The molecule has 1 aromatic rings. The molecule has 1 aromatic carbocycles. The van der Waals surface area contributed by atoms with E-state index in [0.29, 0.717) is 0 Å². The lowest BCUT2D eigenvalue weighted by Gasteiger charge is -2.16. The van der Waals surface area contributed by atoms with Crippen LogP contribution in [0.4, 0.5) is 18.9 Å². The van der Waals surface area contributed by atoms with E-state index in [-0.39, 0.29) is 11.7 Å². The van der Waals surface area contributed by atoms with E-state index in [1.54, 1.807) is 0 Å². The molecule has 1 atom stereocenters. The molecule has 100 valence electrons. The molecular formula is C12H14F3NO2. The van der Waals surface area contributed by atoms with Crippen LogP contribution in [0.2, 0.25) is 0 Å². The summed E-state index contributed by atoms with van der Waals surface area (Å²) in [4.78, 5) is 10.7. The molecule has 0 heterocycles. The van der Waals surface area contributed by atoms with Crippen LogP contribution in [0, 0.1) is 0 Å². The predicted molar refractivity (Wildman–Crippen MR) is 61.8 cm³/mol. The Kier molecular flexibility index (Phi) is 4.21. The average Bonchev–Trinajstić information content (AvgIpc) is 2.27. The quantitative estimate of drug-likeness (QED) is 0.870. The van der Waals surface area contributed by atoms with Crippen LogP contribution in [0.5, 0.6) is 0 Å². The van der Waals surface area contributed by atoms with Crippen molar-refractivity contribution in [3.05, 3.63) is 29.3 Å². The van der Waals surface area contributed by atoms with Crippen molar-refractivity contribution in [3.63, 3.8) is 0 Å². The van der Waals surface area contributed by atoms with Gasteiger partial charge < -0.3 is 10.4 Å². The number of rotatable bonds is 4. The molecule has 1 rings (SSSR count). The third-order valence-electron chi connectivity index (χ3n) is 2.58. The van der Waals surface area contributed by atoms with Gasteiger partial charge in [-0.05, 0) is 31.5 Å². The van der Waals surface area contributed by atoms with Gasteiger partial charge in [-0.25, -0.2) is 4.79 Å². The fourth-order valence-corrected chi connectivity index (χ4v) is 1.44. The average molecular weight is 261 g/mol. The normalized spacial score (nSPS) is 13.2. The van der Waals surface area contributed by atoms with E-state index in [9.17, 15) is 18.0 Å². The van der Waals surface area contributed by atoms with Gasteiger partial charge in [0.15, 0.2) is 0 Å². The third kappa shape index (κ3) is 3.38. The topological polar surface area (TPSA) is 49.3 Å². The summed E-state index contributed by atoms with van der Waals surface area (Å²) >= 11 is 0. The highest BCUT2D eigenvalue weighted by Gasteiger charge is 2.35. The summed E-state index contributed by atoms with van der Waals surface area (Å²) in [5, 5.41) is 11.6. The lowest BCUT2D eigenvalue weighted by Crippen LogP contribution is -2.17. The maximum Gasteiger partial charge on any atom is 0.417 e. The van der Waals surface area contributed by atoms with Crippen molar-refractivity contribution in [2.45, 2.75) is 32.5 Å². The summed E-state index contributed by atoms with van der Waals surface area (Å²) in [5.74, 6) is -1.59. The first kappa shape index (κ1) is 14.3. The van der Waals surface area contributed by atoms with E-state index in [0.717, 1.165) is 18.6 Å². The predicted octanol–water partition coefficient (Wildman–Crippen LogP) is 3.61. The second kappa shape index (κ2) is 5.29. The number of carbonyl (C=O) groups is 1. The van der Waals surface area contributed by atoms with Gasteiger partial charge in [-0.15, -0.1) is 0 Å².